The first-order chi connectivity index (χ1) is 11.9. The Morgan fingerprint density at radius 2 is 0.875 bits per heavy atom. The van der Waals surface area contributed by atoms with Gasteiger partial charge in [-0.3, -0.25) is 0 Å². The van der Waals surface area contributed by atoms with Crippen molar-refractivity contribution in [2.75, 3.05) is 13.2 Å². The third kappa shape index (κ3) is 5.06. The maximum absolute atomic E-state index is 5.75. The van der Waals surface area contributed by atoms with Crippen LogP contribution in [0.5, 0.6) is 23.0 Å². The maximum atomic E-state index is 5.75. The standard InChI is InChI=1S/C21H20O3/c1-3-8-18(9-4-1)22-16-7-17-23-19-12-14-21(15-13-19)24-20-10-5-2-6-11-20/h1-6,8-15H,7,16-17H2. The van der Waals surface area contributed by atoms with E-state index in [4.69, 9.17) is 14.2 Å². The van der Waals surface area contributed by atoms with E-state index >= 15 is 0 Å². The second-order valence-corrected chi connectivity index (χ2v) is 5.25. The van der Waals surface area contributed by atoms with E-state index in [-0.39, 0.29) is 0 Å². The summed E-state index contributed by atoms with van der Waals surface area (Å²) in [5.74, 6) is 3.33. The van der Waals surface area contributed by atoms with Crippen molar-refractivity contribution in [2.24, 2.45) is 0 Å². The lowest BCUT2D eigenvalue weighted by molar-refractivity contribution is 0.247. The lowest BCUT2D eigenvalue weighted by Gasteiger charge is -2.09. The molecule has 0 N–H and O–H groups in total. The van der Waals surface area contributed by atoms with Gasteiger partial charge in [-0.25, -0.2) is 0 Å². The second kappa shape index (κ2) is 8.63. The lowest BCUT2D eigenvalue weighted by Crippen LogP contribution is -2.04. The van der Waals surface area contributed by atoms with Gasteiger partial charge in [0.1, 0.15) is 23.0 Å². The smallest absolute Gasteiger partial charge is 0.127 e. The third-order valence-corrected chi connectivity index (χ3v) is 3.37. The first-order valence-corrected chi connectivity index (χ1v) is 8.04. The van der Waals surface area contributed by atoms with Crippen molar-refractivity contribution in [2.45, 2.75) is 6.42 Å². The normalized spacial score (nSPS) is 10.2. The van der Waals surface area contributed by atoms with Gasteiger partial charge in [-0.05, 0) is 48.5 Å². The quantitative estimate of drug-likeness (QED) is 0.525. The summed E-state index contributed by atoms with van der Waals surface area (Å²) in [4.78, 5) is 0. The van der Waals surface area contributed by atoms with Gasteiger partial charge in [0.2, 0.25) is 0 Å². The Morgan fingerprint density at radius 3 is 1.46 bits per heavy atom. The van der Waals surface area contributed by atoms with Crippen molar-refractivity contribution in [3.05, 3.63) is 84.9 Å². The monoisotopic (exact) mass is 320 g/mol. The van der Waals surface area contributed by atoms with Crippen LogP contribution in [0.15, 0.2) is 84.9 Å². The first-order valence-electron chi connectivity index (χ1n) is 8.04. The highest BCUT2D eigenvalue weighted by Gasteiger charge is 1.99. The lowest BCUT2D eigenvalue weighted by atomic mass is 10.3. The van der Waals surface area contributed by atoms with E-state index in [1.165, 1.54) is 0 Å². The number of hydrogen-bond donors (Lipinski definition) is 0. The Balaban J connectivity index is 1.38. The summed E-state index contributed by atoms with van der Waals surface area (Å²) in [6.45, 7) is 1.25. The van der Waals surface area contributed by atoms with E-state index < -0.39 is 0 Å². The Kier molecular flexibility index (Phi) is 5.73. The molecule has 0 aliphatic carbocycles. The van der Waals surface area contributed by atoms with Gasteiger partial charge in [-0.1, -0.05) is 36.4 Å². The molecule has 0 bridgehead atoms. The van der Waals surface area contributed by atoms with Crippen LogP contribution in [0.25, 0.3) is 0 Å². The third-order valence-electron chi connectivity index (χ3n) is 3.37. The van der Waals surface area contributed by atoms with Crippen molar-refractivity contribution in [1.82, 2.24) is 0 Å². The Labute approximate surface area is 142 Å². The van der Waals surface area contributed by atoms with Crippen molar-refractivity contribution >= 4 is 0 Å². The topological polar surface area (TPSA) is 27.7 Å². The summed E-state index contributed by atoms with van der Waals surface area (Å²) in [5.41, 5.74) is 0. The van der Waals surface area contributed by atoms with Crippen LogP contribution in [-0.4, -0.2) is 13.2 Å². The SMILES string of the molecule is c1ccc(OCCCOc2ccc(Oc3ccccc3)cc2)cc1. The van der Waals surface area contributed by atoms with Crippen LogP contribution in [0, 0.1) is 0 Å². The molecule has 0 atom stereocenters. The molecule has 0 aromatic heterocycles. The van der Waals surface area contributed by atoms with Gasteiger partial charge in [0.15, 0.2) is 0 Å². The molecule has 0 radical (unpaired) electrons. The fraction of sp³-hybridized carbons (Fsp3) is 0.143. The fourth-order valence-electron chi connectivity index (χ4n) is 2.18. The van der Waals surface area contributed by atoms with Crippen molar-refractivity contribution < 1.29 is 14.2 Å². The molecule has 0 aliphatic heterocycles. The zero-order valence-electron chi connectivity index (χ0n) is 13.4. The minimum Gasteiger partial charge on any atom is -0.493 e. The molecule has 0 spiro atoms. The average molecular weight is 320 g/mol. The molecule has 0 amide bonds. The van der Waals surface area contributed by atoms with E-state index in [1.807, 2.05) is 84.9 Å². The Hall–Kier alpha value is -2.94. The minimum absolute atomic E-state index is 0.617. The highest BCUT2D eigenvalue weighted by atomic mass is 16.5. The maximum Gasteiger partial charge on any atom is 0.127 e. The molecule has 3 heteroatoms. The molecule has 3 aromatic carbocycles. The van der Waals surface area contributed by atoms with E-state index in [9.17, 15) is 0 Å². The van der Waals surface area contributed by atoms with Gasteiger partial charge in [-0.2, -0.15) is 0 Å². The predicted octanol–water partition coefficient (Wildman–Crippen LogP) is 5.33. The van der Waals surface area contributed by atoms with Crippen molar-refractivity contribution in [1.29, 1.82) is 0 Å². The Morgan fingerprint density at radius 1 is 0.458 bits per heavy atom. The molecule has 3 nitrogen and oxygen atoms in total. The zero-order valence-corrected chi connectivity index (χ0v) is 13.4. The average Bonchev–Trinajstić information content (AvgIpc) is 2.65. The minimum atomic E-state index is 0.617. The molecule has 122 valence electrons. The van der Waals surface area contributed by atoms with Gasteiger partial charge in [0.05, 0.1) is 13.2 Å². The van der Waals surface area contributed by atoms with E-state index in [0.717, 1.165) is 29.4 Å². The molecule has 3 aromatic rings. The number of rotatable bonds is 8. The van der Waals surface area contributed by atoms with E-state index in [0.29, 0.717) is 13.2 Å². The van der Waals surface area contributed by atoms with Gasteiger partial charge in [0, 0.05) is 6.42 Å². The summed E-state index contributed by atoms with van der Waals surface area (Å²) >= 11 is 0. The van der Waals surface area contributed by atoms with E-state index in [2.05, 4.69) is 0 Å². The molecule has 0 saturated carbocycles. The van der Waals surface area contributed by atoms with E-state index in [1.54, 1.807) is 0 Å². The summed E-state index contributed by atoms with van der Waals surface area (Å²) in [7, 11) is 0. The highest BCUT2D eigenvalue weighted by molar-refractivity contribution is 5.35. The van der Waals surface area contributed by atoms with Crippen LogP contribution in [0.2, 0.25) is 0 Å². The van der Waals surface area contributed by atoms with Crippen LogP contribution in [0.4, 0.5) is 0 Å². The number of hydrogen-bond acceptors (Lipinski definition) is 3. The molecule has 0 heterocycles. The molecule has 24 heavy (non-hydrogen) atoms. The Bertz CT molecular complexity index is 709. The fourth-order valence-corrected chi connectivity index (χ4v) is 2.18. The highest BCUT2D eigenvalue weighted by Crippen LogP contribution is 2.23. The second-order valence-electron chi connectivity index (χ2n) is 5.25. The summed E-state index contributed by atoms with van der Waals surface area (Å²) in [6, 6.07) is 27.2. The largest absolute Gasteiger partial charge is 0.493 e. The number of para-hydroxylation sites is 2. The number of benzene rings is 3. The molecule has 3 rings (SSSR count). The van der Waals surface area contributed by atoms with Crippen molar-refractivity contribution in [3.63, 3.8) is 0 Å². The summed E-state index contributed by atoms with van der Waals surface area (Å²) < 4.78 is 17.1. The molecule has 0 fully saturated rings. The molecular formula is C21H20O3. The first kappa shape index (κ1) is 15.9. The van der Waals surface area contributed by atoms with Crippen LogP contribution < -0.4 is 14.2 Å². The molecule has 0 saturated heterocycles. The van der Waals surface area contributed by atoms with Crippen LogP contribution in [0.3, 0.4) is 0 Å². The predicted molar refractivity (Wildman–Crippen MR) is 95.0 cm³/mol. The summed E-state index contributed by atoms with van der Waals surface area (Å²) in [6.07, 6.45) is 0.831. The molecular weight excluding hydrogens is 300 g/mol. The number of ether oxygens (including phenoxy) is 3. The van der Waals surface area contributed by atoms with Gasteiger partial charge in [0.25, 0.3) is 0 Å². The van der Waals surface area contributed by atoms with Crippen molar-refractivity contribution in [3.8, 4) is 23.0 Å². The molecule has 0 unspecified atom stereocenters. The van der Waals surface area contributed by atoms with Gasteiger partial charge < -0.3 is 14.2 Å². The zero-order chi connectivity index (χ0) is 16.5. The summed E-state index contributed by atoms with van der Waals surface area (Å²) in [5, 5.41) is 0. The van der Waals surface area contributed by atoms with Crippen LogP contribution >= 0.6 is 0 Å². The molecule has 0 aliphatic rings. The van der Waals surface area contributed by atoms with Gasteiger partial charge >= 0.3 is 0 Å². The van der Waals surface area contributed by atoms with Crippen LogP contribution in [0.1, 0.15) is 6.42 Å². The van der Waals surface area contributed by atoms with Crippen LogP contribution in [-0.2, 0) is 0 Å². The van der Waals surface area contributed by atoms with Gasteiger partial charge in [-0.15, -0.1) is 0 Å².